The summed E-state index contributed by atoms with van der Waals surface area (Å²) in [6.45, 7) is 0.436. The standard InChI is InChI=1S/C19H15Cl2NO2S2/c20-14-3-1-13(2-4-14)19-17-10-12-25-18(17)9-11-22(19)26(23,24)16-7-5-15(21)6-8-16/h1-8,10,12,19H,9,11H2. The second-order valence-corrected chi connectivity index (χ2v) is 9.84. The molecule has 0 saturated heterocycles. The molecule has 0 radical (unpaired) electrons. The lowest BCUT2D eigenvalue weighted by molar-refractivity contribution is 0.347. The zero-order valence-corrected chi connectivity index (χ0v) is 16.7. The molecular weight excluding hydrogens is 409 g/mol. The van der Waals surface area contributed by atoms with Crippen molar-refractivity contribution < 1.29 is 8.42 Å². The van der Waals surface area contributed by atoms with Crippen LogP contribution >= 0.6 is 34.5 Å². The number of sulfonamides is 1. The minimum absolute atomic E-state index is 0.250. The van der Waals surface area contributed by atoms with Crippen LogP contribution in [0.15, 0.2) is 64.9 Å². The van der Waals surface area contributed by atoms with Gasteiger partial charge in [-0.05, 0) is 65.4 Å². The molecule has 1 unspecified atom stereocenters. The Bertz CT molecular complexity index is 1030. The summed E-state index contributed by atoms with van der Waals surface area (Å²) < 4.78 is 28.3. The first-order valence-corrected chi connectivity index (χ1v) is 11.1. The van der Waals surface area contributed by atoms with Gasteiger partial charge in [-0.3, -0.25) is 0 Å². The van der Waals surface area contributed by atoms with E-state index >= 15 is 0 Å². The van der Waals surface area contributed by atoms with Gasteiger partial charge in [-0.1, -0.05) is 35.3 Å². The van der Waals surface area contributed by atoms with Crippen LogP contribution in [0.25, 0.3) is 0 Å². The Balaban J connectivity index is 1.83. The van der Waals surface area contributed by atoms with Crippen molar-refractivity contribution in [2.24, 2.45) is 0 Å². The topological polar surface area (TPSA) is 37.4 Å². The molecule has 1 aliphatic rings. The minimum Gasteiger partial charge on any atom is -0.207 e. The molecule has 0 bridgehead atoms. The summed E-state index contributed by atoms with van der Waals surface area (Å²) in [5.41, 5.74) is 1.95. The molecule has 0 fully saturated rings. The molecule has 0 spiro atoms. The molecule has 0 aliphatic carbocycles. The fourth-order valence-corrected chi connectivity index (χ4v) is 6.04. The Morgan fingerprint density at radius 1 is 0.923 bits per heavy atom. The maximum atomic E-state index is 13.3. The van der Waals surface area contributed by atoms with Crippen molar-refractivity contribution in [3.05, 3.63) is 86.0 Å². The Kier molecular flexibility index (Phi) is 4.84. The van der Waals surface area contributed by atoms with Crippen LogP contribution in [0.5, 0.6) is 0 Å². The predicted molar refractivity (Wildman–Crippen MR) is 107 cm³/mol. The first kappa shape index (κ1) is 18.0. The smallest absolute Gasteiger partial charge is 0.207 e. The van der Waals surface area contributed by atoms with E-state index in [9.17, 15) is 8.42 Å². The average molecular weight is 424 g/mol. The number of hydrogen-bond donors (Lipinski definition) is 0. The number of nitrogens with zero attached hydrogens (tertiary/aromatic N) is 1. The largest absolute Gasteiger partial charge is 0.243 e. The van der Waals surface area contributed by atoms with Crippen LogP contribution < -0.4 is 0 Å². The van der Waals surface area contributed by atoms with Crippen LogP contribution in [0.3, 0.4) is 0 Å². The lowest BCUT2D eigenvalue weighted by Gasteiger charge is -2.35. The molecule has 134 valence electrons. The van der Waals surface area contributed by atoms with Crippen molar-refractivity contribution in [1.29, 1.82) is 0 Å². The lowest BCUT2D eigenvalue weighted by Crippen LogP contribution is -2.40. The Morgan fingerprint density at radius 2 is 1.54 bits per heavy atom. The summed E-state index contributed by atoms with van der Waals surface area (Å²) in [7, 11) is -3.66. The second kappa shape index (κ2) is 6.98. The van der Waals surface area contributed by atoms with Crippen molar-refractivity contribution in [1.82, 2.24) is 4.31 Å². The van der Waals surface area contributed by atoms with E-state index in [-0.39, 0.29) is 10.9 Å². The van der Waals surface area contributed by atoms with E-state index in [1.807, 2.05) is 23.6 Å². The summed E-state index contributed by atoms with van der Waals surface area (Å²) in [6, 6.07) is 15.4. The van der Waals surface area contributed by atoms with Gasteiger partial charge in [0.25, 0.3) is 0 Å². The van der Waals surface area contributed by atoms with Crippen LogP contribution in [0.2, 0.25) is 10.0 Å². The van der Waals surface area contributed by atoms with Crippen LogP contribution in [-0.2, 0) is 16.4 Å². The summed E-state index contributed by atoms with van der Waals surface area (Å²) in [6.07, 6.45) is 0.712. The monoisotopic (exact) mass is 423 g/mol. The van der Waals surface area contributed by atoms with Gasteiger partial charge in [0.2, 0.25) is 10.0 Å². The second-order valence-electron chi connectivity index (χ2n) is 6.07. The molecule has 1 aliphatic heterocycles. The molecule has 1 atom stereocenters. The Labute approximate surface area is 166 Å². The number of fused-ring (bicyclic) bond motifs is 1. The van der Waals surface area contributed by atoms with Gasteiger partial charge in [0, 0.05) is 21.5 Å². The highest BCUT2D eigenvalue weighted by atomic mass is 35.5. The molecule has 2 aromatic carbocycles. The first-order valence-electron chi connectivity index (χ1n) is 8.06. The highest BCUT2D eigenvalue weighted by Crippen LogP contribution is 2.41. The molecular formula is C19H15Cl2NO2S2. The summed E-state index contributed by atoms with van der Waals surface area (Å²) >= 11 is 13.6. The third-order valence-electron chi connectivity index (χ3n) is 4.53. The van der Waals surface area contributed by atoms with Crippen molar-refractivity contribution in [2.75, 3.05) is 6.54 Å². The van der Waals surface area contributed by atoms with E-state index in [4.69, 9.17) is 23.2 Å². The van der Waals surface area contributed by atoms with E-state index in [1.54, 1.807) is 52.0 Å². The zero-order chi connectivity index (χ0) is 18.3. The molecule has 7 heteroatoms. The van der Waals surface area contributed by atoms with Gasteiger partial charge in [-0.2, -0.15) is 4.31 Å². The van der Waals surface area contributed by atoms with Crippen molar-refractivity contribution in [3.63, 3.8) is 0 Å². The third kappa shape index (κ3) is 3.19. The van der Waals surface area contributed by atoms with E-state index in [2.05, 4.69) is 0 Å². The molecule has 26 heavy (non-hydrogen) atoms. The Morgan fingerprint density at radius 3 is 2.19 bits per heavy atom. The van der Waals surface area contributed by atoms with Crippen LogP contribution in [0.4, 0.5) is 0 Å². The van der Waals surface area contributed by atoms with E-state index < -0.39 is 10.0 Å². The predicted octanol–water partition coefficient (Wildman–Crippen LogP) is 5.39. The molecule has 0 N–H and O–H groups in total. The third-order valence-corrected chi connectivity index (χ3v) is 7.91. The summed E-state index contributed by atoms with van der Waals surface area (Å²) in [4.78, 5) is 1.48. The molecule has 2 heterocycles. The number of hydrogen-bond acceptors (Lipinski definition) is 3. The summed E-state index contributed by atoms with van der Waals surface area (Å²) in [5.74, 6) is 0. The molecule has 0 saturated carbocycles. The van der Waals surface area contributed by atoms with Crippen molar-refractivity contribution in [2.45, 2.75) is 17.4 Å². The van der Waals surface area contributed by atoms with Gasteiger partial charge < -0.3 is 0 Å². The van der Waals surface area contributed by atoms with Gasteiger partial charge in [-0.25, -0.2) is 8.42 Å². The highest BCUT2D eigenvalue weighted by Gasteiger charge is 2.37. The minimum atomic E-state index is -3.66. The maximum Gasteiger partial charge on any atom is 0.243 e. The van der Waals surface area contributed by atoms with Gasteiger partial charge >= 0.3 is 0 Å². The molecule has 3 nitrogen and oxygen atoms in total. The molecule has 3 aromatic rings. The highest BCUT2D eigenvalue weighted by molar-refractivity contribution is 7.89. The van der Waals surface area contributed by atoms with Crippen LogP contribution in [0, 0.1) is 0 Å². The SMILES string of the molecule is O=S(=O)(c1ccc(Cl)cc1)N1CCc2sccc2C1c1ccc(Cl)cc1. The normalized spacial score (nSPS) is 17.8. The number of rotatable bonds is 3. The zero-order valence-electron chi connectivity index (χ0n) is 13.6. The molecule has 0 amide bonds. The van der Waals surface area contributed by atoms with Gasteiger partial charge in [0.1, 0.15) is 0 Å². The van der Waals surface area contributed by atoms with Gasteiger partial charge in [0.05, 0.1) is 10.9 Å². The lowest BCUT2D eigenvalue weighted by atomic mass is 9.95. The quantitative estimate of drug-likeness (QED) is 0.565. The molecule has 1 aromatic heterocycles. The van der Waals surface area contributed by atoms with Crippen LogP contribution in [0.1, 0.15) is 22.0 Å². The average Bonchev–Trinajstić information content (AvgIpc) is 3.11. The Hall–Kier alpha value is -1.37. The van der Waals surface area contributed by atoms with Crippen molar-refractivity contribution >= 4 is 44.6 Å². The fraction of sp³-hybridized carbons (Fsp3) is 0.158. The maximum absolute atomic E-state index is 13.3. The number of halogens is 2. The van der Waals surface area contributed by atoms with Crippen LogP contribution in [-0.4, -0.2) is 19.3 Å². The number of benzene rings is 2. The fourth-order valence-electron chi connectivity index (χ4n) is 3.29. The van der Waals surface area contributed by atoms with Crippen molar-refractivity contribution in [3.8, 4) is 0 Å². The number of thiophene rings is 1. The van der Waals surface area contributed by atoms with Gasteiger partial charge in [-0.15, -0.1) is 11.3 Å². The molecule has 4 rings (SSSR count). The van der Waals surface area contributed by atoms with Gasteiger partial charge in [0.15, 0.2) is 0 Å². The van der Waals surface area contributed by atoms with E-state index in [0.717, 1.165) is 11.1 Å². The van der Waals surface area contributed by atoms with E-state index in [0.29, 0.717) is 23.0 Å². The first-order chi connectivity index (χ1) is 12.5. The summed E-state index contributed by atoms with van der Waals surface area (Å²) in [5, 5.41) is 3.16. The van der Waals surface area contributed by atoms with E-state index in [1.165, 1.54) is 4.88 Å².